The second-order valence-corrected chi connectivity index (χ2v) is 6.57. The largest absolute Gasteiger partial charge is 0.377 e. The first-order valence-electron chi connectivity index (χ1n) is 7.85. The third-order valence-corrected chi connectivity index (χ3v) is 3.14. The molecular weight excluding hydrogens is 262 g/mol. The van der Waals surface area contributed by atoms with Gasteiger partial charge in [0.25, 0.3) is 0 Å². The van der Waals surface area contributed by atoms with Crippen LogP contribution in [0.25, 0.3) is 0 Å². The summed E-state index contributed by atoms with van der Waals surface area (Å²) in [5.74, 6) is 0. The molecule has 0 fully saturated rings. The van der Waals surface area contributed by atoms with Gasteiger partial charge >= 0.3 is 0 Å². The van der Waals surface area contributed by atoms with Gasteiger partial charge in [0, 0.05) is 0 Å². The van der Waals surface area contributed by atoms with Gasteiger partial charge < -0.3 is 14.8 Å². The van der Waals surface area contributed by atoms with Crippen LogP contribution in [0.1, 0.15) is 50.4 Å². The van der Waals surface area contributed by atoms with Gasteiger partial charge in [-0.3, -0.25) is 0 Å². The molecule has 0 spiro atoms. The normalized spacial score (nSPS) is 13.4. The number of rotatable bonds is 8. The summed E-state index contributed by atoms with van der Waals surface area (Å²) in [5, 5.41) is 3.49. The highest BCUT2D eigenvalue weighted by atomic mass is 16.5. The molecule has 0 aliphatic rings. The number of hydrogen-bond donors (Lipinski definition) is 1. The van der Waals surface area contributed by atoms with Gasteiger partial charge in [0.15, 0.2) is 0 Å². The SMILES string of the molecule is CCNC(COCCOC(C)(C)C)c1cc(C)cc(C)c1. The zero-order chi connectivity index (χ0) is 15.9. The van der Waals surface area contributed by atoms with Crippen LogP contribution < -0.4 is 5.32 Å². The predicted molar refractivity (Wildman–Crippen MR) is 88.9 cm³/mol. The lowest BCUT2D eigenvalue weighted by Crippen LogP contribution is -2.27. The summed E-state index contributed by atoms with van der Waals surface area (Å²) in [6.07, 6.45) is 0. The van der Waals surface area contributed by atoms with Crippen molar-refractivity contribution in [1.82, 2.24) is 5.32 Å². The van der Waals surface area contributed by atoms with Gasteiger partial charge in [0.05, 0.1) is 31.5 Å². The van der Waals surface area contributed by atoms with Crippen LogP contribution in [0.15, 0.2) is 18.2 Å². The topological polar surface area (TPSA) is 30.5 Å². The minimum Gasteiger partial charge on any atom is -0.377 e. The molecule has 0 saturated heterocycles. The van der Waals surface area contributed by atoms with Crippen molar-refractivity contribution in [2.45, 2.75) is 53.2 Å². The highest BCUT2D eigenvalue weighted by Crippen LogP contribution is 2.17. The number of aryl methyl sites for hydroxylation is 2. The van der Waals surface area contributed by atoms with Crippen molar-refractivity contribution in [2.24, 2.45) is 0 Å². The second-order valence-electron chi connectivity index (χ2n) is 6.57. The first-order valence-corrected chi connectivity index (χ1v) is 7.85. The van der Waals surface area contributed by atoms with Crippen molar-refractivity contribution >= 4 is 0 Å². The Labute approximate surface area is 130 Å². The molecule has 0 amide bonds. The molecule has 1 unspecified atom stereocenters. The van der Waals surface area contributed by atoms with E-state index in [0.717, 1.165) is 6.54 Å². The van der Waals surface area contributed by atoms with E-state index in [4.69, 9.17) is 9.47 Å². The summed E-state index contributed by atoms with van der Waals surface area (Å²) in [7, 11) is 0. The molecular formula is C18H31NO2. The average molecular weight is 293 g/mol. The lowest BCUT2D eigenvalue weighted by atomic mass is 10.0. The third-order valence-electron chi connectivity index (χ3n) is 3.14. The maximum absolute atomic E-state index is 5.79. The molecule has 120 valence electrons. The lowest BCUT2D eigenvalue weighted by Gasteiger charge is -2.22. The fourth-order valence-electron chi connectivity index (χ4n) is 2.34. The van der Waals surface area contributed by atoms with Gasteiger partial charge in [-0.15, -0.1) is 0 Å². The van der Waals surface area contributed by atoms with Crippen molar-refractivity contribution in [3.63, 3.8) is 0 Å². The van der Waals surface area contributed by atoms with Crippen LogP contribution in [-0.4, -0.2) is 32.0 Å². The Kier molecular flexibility index (Phi) is 7.36. The predicted octanol–water partition coefficient (Wildman–Crippen LogP) is 3.79. The maximum Gasteiger partial charge on any atom is 0.0707 e. The third kappa shape index (κ3) is 7.60. The molecule has 0 saturated carbocycles. The molecule has 21 heavy (non-hydrogen) atoms. The van der Waals surface area contributed by atoms with Crippen molar-refractivity contribution in [3.8, 4) is 0 Å². The number of benzene rings is 1. The van der Waals surface area contributed by atoms with Gasteiger partial charge in [0.1, 0.15) is 0 Å². The Morgan fingerprint density at radius 1 is 1.05 bits per heavy atom. The molecule has 0 aliphatic carbocycles. The lowest BCUT2D eigenvalue weighted by molar-refractivity contribution is -0.0373. The van der Waals surface area contributed by atoms with Crippen molar-refractivity contribution < 1.29 is 9.47 Å². The van der Waals surface area contributed by atoms with E-state index in [0.29, 0.717) is 19.8 Å². The molecule has 1 aromatic rings. The van der Waals surface area contributed by atoms with Crippen LogP contribution in [0, 0.1) is 13.8 Å². The minimum absolute atomic E-state index is 0.0991. The zero-order valence-corrected chi connectivity index (χ0v) is 14.5. The van der Waals surface area contributed by atoms with Gasteiger partial charge in [-0.2, -0.15) is 0 Å². The number of nitrogens with one attached hydrogen (secondary N) is 1. The van der Waals surface area contributed by atoms with E-state index >= 15 is 0 Å². The second kappa shape index (κ2) is 8.52. The number of ether oxygens (including phenoxy) is 2. The van der Waals surface area contributed by atoms with E-state index in [1.54, 1.807) is 0 Å². The van der Waals surface area contributed by atoms with E-state index in [1.165, 1.54) is 16.7 Å². The summed E-state index contributed by atoms with van der Waals surface area (Å²) >= 11 is 0. The van der Waals surface area contributed by atoms with Crippen LogP contribution in [0.4, 0.5) is 0 Å². The molecule has 0 radical (unpaired) electrons. The van der Waals surface area contributed by atoms with Crippen LogP contribution >= 0.6 is 0 Å². The molecule has 1 rings (SSSR count). The monoisotopic (exact) mass is 293 g/mol. The summed E-state index contributed by atoms with van der Waals surface area (Å²) < 4.78 is 11.5. The van der Waals surface area contributed by atoms with E-state index in [2.05, 4.69) is 65.1 Å². The van der Waals surface area contributed by atoms with Gasteiger partial charge in [-0.25, -0.2) is 0 Å². The molecule has 1 aromatic carbocycles. The first kappa shape index (κ1) is 18.1. The van der Waals surface area contributed by atoms with Crippen LogP contribution in [0.2, 0.25) is 0 Å². The van der Waals surface area contributed by atoms with E-state index in [-0.39, 0.29) is 11.6 Å². The van der Waals surface area contributed by atoms with Gasteiger partial charge in [-0.05, 0) is 46.7 Å². The molecule has 0 aromatic heterocycles. The van der Waals surface area contributed by atoms with E-state index in [9.17, 15) is 0 Å². The average Bonchev–Trinajstić information content (AvgIpc) is 2.34. The Morgan fingerprint density at radius 2 is 1.67 bits per heavy atom. The summed E-state index contributed by atoms with van der Waals surface area (Å²) in [6.45, 7) is 15.4. The molecule has 0 heterocycles. The van der Waals surface area contributed by atoms with E-state index in [1.807, 2.05) is 0 Å². The summed E-state index contributed by atoms with van der Waals surface area (Å²) in [5.41, 5.74) is 3.79. The Morgan fingerprint density at radius 3 is 2.19 bits per heavy atom. The van der Waals surface area contributed by atoms with Crippen LogP contribution in [-0.2, 0) is 9.47 Å². The molecule has 3 heteroatoms. The summed E-state index contributed by atoms with van der Waals surface area (Å²) in [6, 6.07) is 6.90. The van der Waals surface area contributed by atoms with Gasteiger partial charge in [-0.1, -0.05) is 36.2 Å². The molecule has 0 bridgehead atoms. The van der Waals surface area contributed by atoms with Crippen molar-refractivity contribution in [3.05, 3.63) is 34.9 Å². The van der Waals surface area contributed by atoms with Gasteiger partial charge in [0.2, 0.25) is 0 Å². The Balaban J connectivity index is 2.50. The number of hydrogen-bond acceptors (Lipinski definition) is 3. The molecule has 0 aliphatic heterocycles. The van der Waals surface area contributed by atoms with Crippen molar-refractivity contribution in [2.75, 3.05) is 26.4 Å². The first-order chi connectivity index (χ1) is 9.81. The summed E-state index contributed by atoms with van der Waals surface area (Å²) in [4.78, 5) is 0. The minimum atomic E-state index is -0.0991. The maximum atomic E-state index is 5.79. The van der Waals surface area contributed by atoms with Crippen molar-refractivity contribution in [1.29, 1.82) is 0 Å². The fourth-order valence-corrected chi connectivity index (χ4v) is 2.34. The Hall–Kier alpha value is -0.900. The molecule has 3 nitrogen and oxygen atoms in total. The molecule has 1 atom stereocenters. The highest BCUT2D eigenvalue weighted by molar-refractivity contribution is 5.30. The number of likely N-dealkylation sites (N-methyl/N-ethyl adjacent to an activating group) is 1. The molecule has 1 N–H and O–H groups in total. The van der Waals surface area contributed by atoms with Crippen LogP contribution in [0.3, 0.4) is 0 Å². The fraction of sp³-hybridized carbons (Fsp3) is 0.667. The standard InChI is InChI=1S/C18H31NO2/c1-7-19-17(13-20-8-9-21-18(4,5)6)16-11-14(2)10-15(3)12-16/h10-12,17,19H,7-9,13H2,1-6H3. The smallest absolute Gasteiger partial charge is 0.0707 e. The van der Waals surface area contributed by atoms with E-state index < -0.39 is 0 Å². The Bertz CT molecular complexity index is 403. The van der Waals surface area contributed by atoms with Crippen LogP contribution in [0.5, 0.6) is 0 Å². The highest BCUT2D eigenvalue weighted by Gasteiger charge is 2.12. The zero-order valence-electron chi connectivity index (χ0n) is 14.5. The quantitative estimate of drug-likeness (QED) is 0.740.